The molecule has 0 saturated heterocycles. The Labute approximate surface area is 96.1 Å². The maximum Gasteiger partial charge on any atom is 0.418 e. The highest BCUT2D eigenvalue weighted by Gasteiger charge is 2.18. The molecule has 0 atom stereocenters. The molecule has 1 heterocycles. The van der Waals surface area contributed by atoms with Gasteiger partial charge in [-0.05, 0) is 32.9 Å². The van der Waals surface area contributed by atoms with Crippen LogP contribution in [0.25, 0.3) is 10.9 Å². The third kappa shape index (κ3) is 2.08. The van der Waals surface area contributed by atoms with Crippen LogP contribution in [0.5, 0.6) is 0 Å². The summed E-state index contributed by atoms with van der Waals surface area (Å²) in [6, 6.07) is 9.62. The first-order valence-corrected chi connectivity index (χ1v) is 5.27. The van der Waals surface area contributed by atoms with Crippen molar-refractivity contribution in [2.45, 2.75) is 26.4 Å². The molecule has 1 aromatic heterocycles. The normalized spacial score (nSPS) is 11.7. The van der Waals surface area contributed by atoms with Gasteiger partial charge in [0.15, 0.2) is 0 Å². The molecule has 2 aromatic rings. The Morgan fingerprint density at radius 1 is 1.25 bits per heavy atom. The van der Waals surface area contributed by atoms with E-state index in [1.165, 1.54) is 4.57 Å². The summed E-state index contributed by atoms with van der Waals surface area (Å²) in [5.74, 6) is 0. The predicted molar refractivity (Wildman–Crippen MR) is 64.7 cm³/mol. The molecule has 16 heavy (non-hydrogen) atoms. The summed E-state index contributed by atoms with van der Waals surface area (Å²) in [5.41, 5.74) is 0.402. The molecule has 0 aliphatic carbocycles. The third-order valence-corrected chi connectivity index (χ3v) is 2.19. The minimum absolute atomic E-state index is 0. The van der Waals surface area contributed by atoms with Crippen molar-refractivity contribution in [2.75, 3.05) is 0 Å². The van der Waals surface area contributed by atoms with Crippen molar-refractivity contribution in [3.63, 3.8) is 0 Å². The Morgan fingerprint density at radius 3 is 2.62 bits per heavy atom. The van der Waals surface area contributed by atoms with Gasteiger partial charge in [-0.2, -0.15) is 0 Å². The van der Waals surface area contributed by atoms with Crippen LogP contribution in [0.4, 0.5) is 4.79 Å². The third-order valence-electron chi connectivity index (χ3n) is 2.19. The molecular formula is C13H16NO2. The Bertz CT molecular complexity index is 525. The van der Waals surface area contributed by atoms with Crippen molar-refractivity contribution in [3.05, 3.63) is 36.5 Å². The molecule has 2 rings (SSSR count). The lowest BCUT2D eigenvalue weighted by Gasteiger charge is -2.19. The number of nitrogens with zero attached hydrogens (tertiary/aromatic N) is 1. The second-order valence-electron chi connectivity index (χ2n) is 4.72. The number of fused-ring (bicyclic) bond motifs is 1. The van der Waals surface area contributed by atoms with Gasteiger partial charge in [0.1, 0.15) is 5.60 Å². The molecule has 3 nitrogen and oxygen atoms in total. The number of hydrogen-bond acceptors (Lipinski definition) is 2. The summed E-state index contributed by atoms with van der Waals surface area (Å²) in [6.07, 6.45) is 1.40. The molecular weight excluding hydrogens is 202 g/mol. The van der Waals surface area contributed by atoms with Crippen molar-refractivity contribution in [1.82, 2.24) is 4.57 Å². The molecule has 3 heteroatoms. The second-order valence-corrected chi connectivity index (χ2v) is 4.72. The number of para-hydroxylation sites is 1. The monoisotopic (exact) mass is 218 g/mol. The molecule has 85 valence electrons. The number of ether oxygens (including phenoxy) is 1. The molecule has 0 unspecified atom stereocenters. The van der Waals surface area contributed by atoms with Crippen LogP contribution in [-0.4, -0.2) is 16.3 Å². The van der Waals surface area contributed by atoms with Crippen molar-refractivity contribution in [1.29, 1.82) is 0 Å². The summed E-state index contributed by atoms with van der Waals surface area (Å²) < 4.78 is 6.84. The fourth-order valence-electron chi connectivity index (χ4n) is 1.55. The van der Waals surface area contributed by atoms with Crippen LogP contribution in [0.3, 0.4) is 0 Å². The largest absolute Gasteiger partial charge is 0.443 e. The van der Waals surface area contributed by atoms with Crippen LogP contribution in [0.2, 0.25) is 0 Å². The molecule has 0 bridgehead atoms. The summed E-state index contributed by atoms with van der Waals surface area (Å²) in [5, 5.41) is 1.04. The minimum atomic E-state index is -0.470. The fraction of sp³-hybridized carbons (Fsp3) is 0.308. The van der Waals surface area contributed by atoms with Gasteiger partial charge in [0.2, 0.25) is 0 Å². The van der Waals surface area contributed by atoms with E-state index in [-0.39, 0.29) is 7.52 Å². The lowest BCUT2D eigenvalue weighted by atomic mass is 10.2. The average molecular weight is 218 g/mol. The van der Waals surface area contributed by atoms with Gasteiger partial charge in [0.25, 0.3) is 0 Å². The molecule has 0 aliphatic heterocycles. The van der Waals surface area contributed by atoms with E-state index >= 15 is 0 Å². The number of hydrogen-bond donors (Lipinski definition) is 0. The first-order valence-electron chi connectivity index (χ1n) is 5.27. The van der Waals surface area contributed by atoms with E-state index in [9.17, 15) is 4.79 Å². The first kappa shape index (κ1) is 10.7. The van der Waals surface area contributed by atoms with E-state index in [0.717, 1.165) is 10.9 Å². The second kappa shape index (κ2) is 3.67. The van der Waals surface area contributed by atoms with Gasteiger partial charge in [0, 0.05) is 13.0 Å². The molecule has 1 radical (unpaired) electrons. The van der Waals surface area contributed by atoms with Gasteiger partial charge >= 0.3 is 6.09 Å². The Morgan fingerprint density at radius 2 is 1.94 bits per heavy atom. The van der Waals surface area contributed by atoms with Crippen LogP contribution in [0, 0.1) is 0 Å². The Kier molecular flexibility index (Phi) is 2.46. The van der Waals surface area contributed by atoms with E-state index in [1.54, 1.807) is 6.20 Å². The highest BCUT2D eigenvalue weighted by molar-refractivity contribution is 5.89. The summed E-state index contributed by atoms with van der Waals surface area (Å²) in [4.78, 5) is 11.9. The van der Waals surface area contributed by atoms with E-state index in [2.05, 4.69) is 0 Å². The lowest BCUT2D eigenvalue weighted by molar-refractivity contribution is 0.0544. The van der Waals surface area contributed by atoms with Crippen molar-refractivity contribution < 1.29 is 11.0 Å². The average Bonchev–Trinajstić information content (AvgIpc) is 2.58. The maximum atomic E-state index is 11.9. The van der Waals surface area contributed by atoms with Gasteiger partial charge in [0.05, 0.1) is 5.52 Å². The van der Waals surface area contributed by atoms with Crippen LogP contribution in [0.15, 0.2) is 36.5 Å². The molecule has 0 amide bonds. The molecule has 0 saturated carbocycles. The SMILES string of the molecule is CC(C)(C)OC(=O)n1ccc2ccccc21.[H]. The van der Waals surface area contributed by atoms with Crippen LogP contribution >= 0.6 is 0 Å². The quantitative estimate of drug-likeness (QED) is 0.677. The van der Waals surface area contributed by atoms with E-state index in [4.69, 9.17) is 4.74 Å². The zero-order valence-corrected chi connectivity index (χ0v) is 9.73. The molecule has 1 aromatic carbocycles. The topological polar surface area (TPSA) is 31.2 Å². The van der Waals surface area contributed by atoms with Crippen molar-refractivity contribution in [3.8, 4) is 0 Å². The first-order chi connectivity index (χ1) is 7.47. The fourth-order valence-corrected chi connectivity index (χ4v) is 1.55. The maximum absolute atomic E-state index is 11.9. The van der Waals surface area contributed by atoms with E-state index < -0.39 is 5.60 Å². The number of aromatic nitrogens is 1. The van der Waals surface area contributed by atoms with Gasteiger partial charge < -0.3 is 4.74 Å². The van der Waals surface area contributed by atoms with Gasteiger partial charge in [-0.15, -0.1) is 0 Å². The van der Waals surface area contributed by atoms with Crippen LogP contribution in [0.1, 0.15) is 22.2 Å². The Hall–Kier alpha value is -1.77. The van der Waals surface area contributed by atoms with Crippen molar-refractivity contribution in [2.24, 2.45) is 0 Å². The standard InChI is InChI=1S/C13H15NO2.H/c1-13(2,3)16-12(15)14-9-8-10-6-4-5-7-11(10)14;/h4-9H,1-3H3;. The number of carbonyl (C=O) groups excluding carboxylic acids is 1. The number of rotatable bonds is 0. The summed E-state index contributed by atoms with van der Waals surface area (Å²) in [6.45, 7) is 5.57. The lowest BCUT2D eigenvalue weighted by Crippen LogP contribution is -2.26. The van der Waals surface area contributed by atoms with Crippen LogP contribution < -0.4 is 0 Å². The zero-order chi connectivity index (χ0) is 11.8. The van der Waals surface area contributed by atoms with E-state index in [0.29, 0.717) is 0 Å². The number of carbonyl (C=O) groups is 1. The molecule has 0 spiro atoms. The Balaban J connectivity index is 0.00000144. The molecule has 0 N–H and O–H groups in total. The van der Waals surface area contributed by atoms with Gasteiger partial charge in [-0.3, -0.25) is 4.57 Å². The molecule has 0 aliphatic rings. The predicted octanol–water partition coefficient (Wildman–Crippen LogP) is 3.54. The summed E-state index contributed by atoms with van der Waals surface area (Å²) in [7, 11) is 0. The van der Waals surface area contributed by atoms with Gasteiger partial charge in [-0.25, -0.2) is 4.79 Å². The van der Waals surface area contributed by atoms with E-state index in [1.807, 2.05) is 51.1 Å². The highest BCUT2D eigenvalue weighted by Crippen LogP contribution is 2.17. The zero-order valence-electron chi connectivity index (χ0n) is 10.7. The molecule has 0 fully saturated rings. The summed E-state index contributed by atoms with van der Waals surface area (Å²) >= 11 is 0. The van der Waals surface area contributed by atoms with Crippen LogP contribution in [-0.2, 0) is 4.74 Å². The van der Waals surface area contributed by atoms with Gasteiger partial charge in [-0.1, -0.05) is 18.2 Å². The minimum Gasteiger partial charge on any atom is -0.443 e. The van der Waals surface area contributed by atoms with Crippen molar-refractivity contribution >= 4 is 17.0 Å². The number of benzene rings is 1. The highest BCUT2D eigenvalue weighted by atomic mass is 16.6. The smallest absolute Gasteiger partial charge is 0.418 e.